The fourth-order valence-electron chi connectivity index (χ4n) is 2.62. The Kier molecular flexibility index (Phi) is 4.26. The van der Waals surface area contributed by atoms with E-state index in [9.17, 15) is 14.4 Å². The first-order chi connectivity index (χ1) is 11.1. The van der Waals surface area contributed by atoms with Crippen molar-refractivity contribution in [1.29, 1.82) is 0 Å². The van der Waals surface area contributed by atoms with Crippen molar-refractivity contribution in [2.75, 3.05) is 20.3 Å². The summed E-state index contributed by atoms with van der Waals surface area (Å²) >= 11 is 0. The van der Waals surface area contributed by atoms with Gasteiger partial charge in [0.15, 0.2) is 0 Å². The standard InChI is InChI=1S/C15H17N3O5/c1-22-12-7-23-5-4-10(12)17-13(19)8-2-3-9-11(6-8)18-15(21)14(20)16-9/h2-3,6,10,12H,4-5,7H2,1H3,(H,16,20)(H,17,19)(H,18,21)/t10-,12-/m1/s1. The first kappa shape index (κ1) is 15.4. The van der Waals surface area contributed by atoms with Gasteiger partial charge < -0.3 is 24.8 Å². The van der Waals surface area contributed by atoms with Crippen LogP contribution >= 0.6 is 0 Å². The topological polar surface area (TPSA) is 113 Å². The maximum atomic E-state index is 12.4. The largest absolute Gasteiger partial charge is 0.379 e. The van der Waals surface area contributed by atoms with Gasteiger partial charge in [0.1, 0.15) is 6.10 Å². The summed E-state index contributed by atoms with van der Waals surface area (Å²) in [7, 11) is 1.58. The number of aromatic amines is 2. The number of H-pyrrole nitrogens is 2. The molecule has 23 heavy (non-hydrogen) atoms. The number of hydrogen-bond acceptors (Lipinski definition) is 5. The lowest BCUT2D eigenvalue weighted by molar-refractivity contribution is -0.0479. The SMILES string of the molecule is CO[C@@H]1COCC[C@H]1NC(=O)c1ccc2[nH]c(=O)c(=O)[nH]c2c1. The van der Waals surface area contributed by atoms with Crippen LogP contribution in [-0.4, -0.2) is 48.3 Å². The average Bonchev–Trinajstić information content (AvgIpc) is 2.56. The summed E-state index contributed by atoms with van der Waals surface area (Å²) in [5.41, 5.74) is -0.218. The lowest BCUT2D eigenvalue weighted by atomic mass is 10.1. The number of carbonyl (C=O) groups excluding carboxylic acids is 1. The van der Waals surface area contributed by atoms with Crippen LogP contribution in [0.15, 0.2) is 27.8 Å². The summed E-state index contributed by atoms with van der Waals surface area (Å²) in [6.07, 6.45) is 0.478. The van der Waals surface area contributed by atoms with E-state index in [0.29, 0.717) is 36.2 Å². The fraction of sp³-hybridized carbons (Fsp3) is 0.400. The molecule has 2 atom stereocenters. The number of carbonyl (C=O) groups is 1. The second-order valence-corrected chi connectivity index (χ2v) is 5.39. The lowest BCUT2D eigenvalue weighted by Crippen LogP contribution is -2.49. The molecule has 8 heteroatoms. The number of hydrogen-bond donors (Lipinski definition) is 3. The third-order valence-electron chi connectivity index (χ3n) is 3.91. The molecule has 1 fully saturated rings. The van der Waals surface area contributed by atoms with Gasteiger partial charge in [-0.3, -0.25) is 14.4 Å². The molecular formula is C15H17N3O5. The third-order valence-corrected chi connectivity index (χ3v) is 3.91. The molecule has 0 bridgehead atoms. The van der Waals surface area contributed by atoms with Crippen molar-refractivity contribution in [3.63, 3.8) is 0 Å². The van der Waals surface area contributed by atoms with Crippen LogP contribution in [0, 0.1) is 0 Å². The Balaban J connectivity index is 1.84. The highest BCUT2D eigenvalue weighted by molar-refractivity contribution is 5.97. The third kappa shape index (κ3) is 3.17. The summed E-state index contributed by atoms with van der Waals surface area (Å²) in [4.78, 5) is 40.0. The van der Waals surface area contributed by atoms with Crippen LogP contribution in [-0.2, 0) is 9.47 Å². The van der Waals surface area contributed by atoms with Gasteiger partial charge in [-0.05, 0) is 24.6 Å². The first-order valence-electron chi connectivity index (χ1n) is 7.26. The van der Waals surface area contributed by atoms with E-state index in [-0.39, 0.29) is 18.1 Å². The molecule has 0 radical (unpaired) electrons. The summed E-state index contributed by atoms with van der Waals surface area (Å²) in [6.45, 7) is 1.00. The number of fused-ring (bicyclic) bond motifs is 1. The molecule has 2 aromatic rings. The summed E-state index contributed by atoms with van der Waals surface area (Å²) in [5, 5.41) is 2.92. The van der Waals surface area contributed by atoms with E-state index in [2.05, 4.69) is 15.3 Å². The number of methoxy groups -OCH3 is 1. The van der Waals surface area contributed by atoms with Crippen LogP contribution in [0.25, 0.3) is 11.0 Å². The molecule has 2 heterocycles. The Morgan fingerprint density at radius 3 is 2.74 bits per heavy atom. The molecule has 0 aliphatic carbocycles. The molecule has 0 saturated carbocycles. The van der Waals surface area contributed by atoms with Crippen molar-refractivity contribution >= 4 is 16.9 Å². The summed E-state index contributed by atoms with van der Waals surface area (Å²) in [5.74, 6) is -0.270. The maximum absolute atomic E-state index is 12.4. The minimum absolute atomic E-state index is 0.133. The summed E-state index contributed by atoms with van der Waals surface area (Å²) < 4.78 is 10.6. The van der Waals surface area contributed by atoms with E-state index >= 15 is 0 Å². The molecule has 3 N–H and O–H groups in total. The number of amides is 1. The normalized spacial score (nSPS) is 21.3. The van der Waals surface area contributed by atoms with Crippen LogP contribution < -0.4 is 16.4 Å². The Labute approximate surface area is 130 Å². The number of benzene rings is 1. The van der Waals surface area contributed by atoms with Gasteiger partial charge in [-0.25, -0.2) is 0 Å². The average molecular weight is 319 g/mol. The highest BCUT2D eigenvalue weighted by atomic mass is 16.5. The molecule has 122 valence electrons. The van der Waals surface area contributed by atoms with Gasteiger partial charge in [-0.2, -0.15) is 0 Å². The van der Waals surface area contributed by atoms with Crippen molar-refractivity contribution in [2.24, 2.45) is 0 Å². The molecule has 1 amide bonds. The van der Waals surface area contributed by atoms with Gasteiger partial charge in [0, 0.05) is 19.3 Å². The Morgan fingerprint density at radius 1 is 1.26 bits per heavy atom. The highest BCUT2D eigenvalue weighted by Crippen LogP contribution is 2.13. The van der Waals surface area contributed by atoms with Gasteiger partial charge in [0.2, 0.25) is 0 Å². The zero-order chi connectivity index (χ0) is 16.4. The minimum atomic E-state index is -0.751. The van der Waals surface area contributed by atoms with Gasteiger partial charge in [-0.15, -0.1) is 0 Å². The van der Waals surface area contributed by atoms with Crippen LogP contribution in [0.2, 0.25) is 0 Å². The monoisotopic (exact) mass is 319 g/mol. The second kappa shape index (κ2) is 6.35. The molecule has 1 aliphatic heterocycles. The number of nitrogens with one attached hydrogen (secondary N) is 3. The van der Waals surface area contributed by atoms with E-state index in [1.54, 1.807) is 19.2 Å². The van der Waals surface area contributed by atoms with Crippen molar-refractivity contribution < 1.29 is 14.3 Å². The fourth-order valence-corrected chi connectivity index (χ4v) is 2.62. The minimum Gasteiger partial charge on any atom is -0.379 e. The van der Waals surface area contributed by atoms with E-state index in [1.807, 2.05) is 0 Å². The Morgan fingerprint density at radius 2 is 2.00 bits per heavy atom. The molecule has 1 aromatic carbocycles. The van der Waals surface area contributed by atoms with E-state index in [4.69, 9.17) is 9.47 Å². The first-order valence-corrected chi connectivity index (χ1v) is 7.26. The predicted molar refractivity (Wildman–Crippen MR) is 82.7 cm³/mol. The molecule has 0 spiro atoms. The molecule has 1 saturated heterocycles. The molecule has 8 nitrogen and oxygen atoms in total. The van der Waals surface area contributed by atoms with Gasteiger partial charge in [0.05, 0.1) is 23.7 Å². The molecule has 0 unspecified atom stereocenters. The van der Waals surface area contributed by atoms with E-state index in [1.165, 1.54) is 6.07 Å². The number of rotatable bonds is 3. The quantitative estimate of drug-likeness (QED) is 0.675. The van der Waals surface area contributed by atoms with Crippen molar-refractivity contribution in [1.82, 2.24) is 15.3 Å². The maximum Gasteiger partial charge on any atom is 0.314 e. The Hall–Kier alpha value is -2.45. The second-order valence-electron chi connectivity index (χ2n) is 5.39. The summed E-state index contributed by atoms with van der Waals surface area (Å²) in [6, 6.07) is 4.57. The molecule has 3 rings (SSSR count). The van der Waals surface area contributed by atoms with Crippen molar-refractivity contribution in [3.05, 3.63) is 44.5 Å². The van der Waals surface area contributed by atoms with Gasteiger partial charge in [0.25, 0.3) is 5.91 Å². The number of ether oxygens (including phenoxy) is 2. The van der Waals surface area contributed by atoms with Crippen LogP contribution in [0.5, 0.6) is 0 Å². The molecular weight excluding hydrogens is 302 g/mol. The van der Waals surface area contributed by atoms with Crippen LogP contribution in [0.1, 0.15) is 16.8 Å². The lowest BCUT2D eigenvalue weighted by Gasteiger charge is -2.31. The number of aromatic nitrogens is 2. The van der Waals surface area contributed by atoms with E-state index < -0.39 is 11.1 Å². The smallest absolute Gasteiger partial charge is 0.314 e. The highest BCUT2D eigenvalue weighted by Gasteiger charge is 2.27. The zero-order valence-electron chi connectivity index (χ0n) is 12.5. The molecule has 1 aromatic heterocycles. The van der Waals surface area contributed by atoms with Crippen LogP contribution in [0.4, 0.5) is 0 Å². The van der Waals surface area contributed by atoms with E-state index in [0.717, 1.165) is 0 Å². The van der Waals surface area contributed by atoms with Crippen molar-refractivity contribution in [2.45, 2.75) is 18.6 Å². The van der Waals surface area contributed by atoms with Gasteiger partial charge >= 0.3 is 11.1 Å². The Bertz CT molecular complexity index is 841. The predicted octanol–water partition coefficient (Wildman–Crippen LogP) is -0.250. The molecule has 1 aliphatic rings. The van der Waals surface area contributed by atoms with Crippen molar-refractivity contribution in [3.8, 4) is 0 Å². The zero-order valence-corrected chi connectivity index (χ0v) is 12.5. The van der Waals surface area contributed by atoms with Crippen LogP contribution in [0.3, 0.4) is 0 Å². The van der Waals surface area contributed by atoms with Gasteiger partial charge in [-0.1, -0.05) is 0 Å².